The van der Waals surface area contributed by atoms with E-state index in [1.807, 2.05) is 35.1 Å². The van der Waals surface area contributed by atoms with Gasteiger partial charge in [0.05, 0.1) is 34.8 Å². The van der Waals surface area contributed by atoms with Gasteiger partial charge in [-0.25, -0.2) is 9.78 Å². The molecule has 32 heavy (non-hydrogen) atoms. The van der Waals surface area contributed by atoms with Crippen LogP contribution in [0.5, 0.6) is 0 Å². The van der Waals surface area contributed by atoms with Crippen molar-refractivity contribution in [2.24, 2.45) is 0 Å². The third kappa shape index (κ3) is 3.10. The van der Waals surface area contributed by atoms with Crippen LogP contribution in [0, 0.1) is 0 Å². The molecule has 0 saturated heterocycles. The lowest BCUT2D eigenvalue weighted by Gasteiger charge is -2.12. The van der Waals surface area contributed by atoms with Gasteiger partial charge in [-0.15, -0.1) is 5.10 Å². The molecule has 0 bridgehead atoms. The van der Waals surface area contributed by atoms with E-state index < -0.39 is 0 Å². The van der Waals surface area contributed by atoms with Gasteiger partial charge in [0.15, 0.2) is 5.82 Å². The molecule has 3 heterocycles. The number of rotatable bonds is 5. The van der Waals surface area contributed by atoms with Crippen molar-refractivity contribution >= 4 is 10.9 Å². The normalized spacial score (nSPS) is 14.5. The molecule has 0 unspecified atom stereocenters. The van der Waals surface area contributed by atoms with E-state index in [0.717, 1.165) is 28.9 Å². The number of benzene rings is 2. The molecule has 160 valence electrons. The third-order valence-corrected chi connectivity index (χ3v) is 6.46. The molecule has 5 aromatic rings. The van der Waals surface area contributed by atoms with Crippen molar-refractivity contribution in [1.82, 2.24) is 40.2 Å². The first-order chi connectivity index (χ1) is 15.8. The smallest absolute Gasteiger partial charge is 0.179 e. The minimum absolute atomic E-state index is 0.510. The zero-order valence-corrected chi connectivity index (χ0v) is 17.9. The lowest BCUT2D eigenvalue weighted by Crippen LogP contribution is -2.06. The second kappa shape index (κ2) is 7.71. The van der Waals surface area contributed by atoms with Gasteiger partial charge in [-0.3, -0.25) is 4.68 Å². The Morgan fingerprint density at radius 2 is 1.81 bits per heavy atom. The fourth-order valence-electron chi connectivity index (χ4n) is 4.82. The van der Waals surface area contributed by atoms with Crippen LogP contribution in [0.2, 0.25) is 0 Å². The van der Waals surface area contributed by atoms with Gasteiger partial charge in [-0.05, 0) is 66.1 Å². The molecule has 1 fully saturated rings. The number of aryl methyl sites for hydroxylation is 1. The number of aromatic amines is 1. The highest BCUT2D eigenvalue weighted by Crippen LogP contribution is 2.35. The molecule has 2 aromatic carbocycles. The van der Waals surface area contributed by atoms with Crippen LogP contribution in [0.1, 0.15) is 44.3 Å². The van der Waals surface area contributed by atoms with Crippen molar-refractivity contribution in [3.8, 4) is 28.3 Å². The summed E-state index contributed by atoms with van der Waals surface area (Å²) in [7, 11) is 0. The Labute approximate surface area is 185 Å². The summed E-state index contributed by atoms with van der Waals surface area (Å²) >= 11 is 0. The van der Waals surface area contributed by atoms with Crippen molar-refractivity contribution in [1.29, 1.82) is 0 Å². The summed E-state index contributed by atoms with van der Waals surface area (Å²) in [6.45, 7) is 2.18. The summed E-state index contributed by atoms with van der Waals surface area (Å²) in [6.07, 6.45) is 7.81. The molecule has 6 rings (SSSR count). The largest absolute Gasteiger partial charge is 0.262 e. The minimum Gasteiger partial charge on any atom is -0.262 e. The number of hydrogen-bond donors (Lipinski definition) is 1. The van der Waals surface area contributed by atoms with Gasteiger partial charge in [-0.2, -0.15) is 10.2 Å². The predicted octanol–water partition coefficient (Wildman–Crippen LogP) is 4.75. The van der Waals surface area contributed by atoms with Gasteiger partial charge in [-0.1, -0.05) is 31.9 Å². The summed E-state index contributed by atoms with van der Waals surface area (Å²) in [6, 6.07) is 17.3. The molecule has 1 saturated carbocycles. The predicted molar refractivity (Wildman–Crippen MR) is 122 cm³/mol. The van der Waals surface area contributed by atoms with Gasteiger partial charge >= 0.3 is 0 Å². The van der Waals surface area contributed by atoms with Crippen molar-refractivity contribution in [3.05, 3.63) is 60.4 Å². The molecule has 1 aliphatic rings. The molecule has 0 spiro atoms. The number of hydrogen-bond acceptors (Lipinski definition) is 5. The second-order valence-electron chi connectivity index (χ2n) is 8.34. The fourth-order valence-corrected chi connectivity index (χ4v) is 4.82. The summed E-state index contributed by atoms with van der Waals surface area (Å²) < 4.78 is 4.26. The number of nitrogens with one attached hydrogen (secondary N) is 1. The Morgan fingerprint density at radius 1 is 1.00 bits per heavy atom. The first-order valence-corrected chi connectivity index (χ1v) is 11.2. The average molecular weight is 425 g/mol. The average Bonchev–Trinajstić information content (AvgIpc) is 3.64. The van der Waals surface area contributed by atoms with Crippen molar-refractivity contribution in [2.75, 3.05) is 0 Å². The molecule has 8 heteroatoms. The maximum atomic E-state index is 5.00. The Morgan fingerprint density at radius 3 is 2.56 bits per heavy atom. The molecule has 0 radical (unpaired) electrons. The molecular formula is C24H24N8. The highest BCUT2D eigenvalue weighted by molar-refractivity contribution is 5.86. The molecule has 1 aliphatic carbocycles. The van der Waals surface area contributed by atoms with E-state index in [-0.39, 0.29) is 0 Å². The SMILES string of the molecule is CCc1nn(C2CCCC2)c2cc(-c3ccnn3-c3ccc(-c4nnn[nH]4)cc3)ccc12. The van der Waals surface area contributed by atoms with Crippen LogP contribution in [0.25, 0.3) is 39.2 Å². The quantitative estimate of drug-likeness (QED) is 0.440. The molecule has 0 aliphatic heterocycles. The van der Waals surface area contributed by atoms with Crippen molar-refractivity contribution in [2.45, 2.75) is 45.1 Å². The van der Waals surface area contributed by atoms with Crippen LogP contribution in [0.4, 0.5) is 0 Å². The van der Waals surface area contributed by atoms with E-state index >= 15 is 0 Å². The van der Waals surface area contributed by atoms with Gasteiger partial charge in [0, 0.05) is 16.5 Å². The van der Waals surface area contributed by atoms with E-state index in [2.05, 4.69) is 61.6 Å². The van der Waals surface area contributed by atoms with Gasteiger partial charge in [0.2, 0.25) is 0 Å². The zero-order chi connectivity index (χ0) is 21.5. The molecule has 3 aromatic heterocycles. The van der Waals surface area contributed by atoms with Gasteiger partial charge in [0.25, 0.3) is 0 Å². The van der Waals surface area contributed by atoms with E-state index in [0.29, 0.717) is 11.9 Å². The zero-order valence-electron chi connectivity index (χ0n) is 17.9. The molecule has 8 nitrogen and oxygen atoms in total. The van der Waals surface area contributed by atoms with Crippen molar-refractivity contribution in [3.63, 3.8) is 0 Å². The number of aromatic nitrogens is 8. The van der Waals surface area contributed by atoms with Crippen molar-refractivity contribution < 1.29 is 0 Å². The maximum absolute atomic E-state index is 5.00. The number of H-pyrrole nitrogens is 1. The summed E-state index contributed by atoms with van der Waals surface area (Å²) in [5.74, 6) is 0.648. The Kier molecular flexibility index (Phi) is 4.56. The summed E-state index contributed by atoms with van der Waals surface area (Å²) in [4.78, 5) is 0. The van der Waals surface area contributed by atoms with Crippen LogP contribution in [0.3, 0.4) is 0 Å². The van der Waals surface area contributed by atoms with Crippen LogP contribution >= 0.6 is 0 Å². The summed E-state index contributed by atoms with van der Waals surface area (Å²) in [5.41, 5.74) is 6.52. The maximum Gasteiger partial charge on any atom is 0.179 e. The van der Waals surface area contributed by atoms with E-state index in [1.54, 1.807) is 0 Å². The minimum atomic E-state index is 0.510. The Balaban J connectivity index is 1.41. The Bertz CT molecular complexity index is 1360. The first kappa shape index (κ1) is 18.9. The van der Waals surface area contributed by atoms with Crippen LogP contribution in [-0.2, 0) is 6.42 Å². The van der Waals surface area contributed by atoms with Crippen LogP contribution < -0.4 is 0 Å². The molecule has 0 amide bonds. The summed E-state index contributed by atoms with van der Waals surface area (Å²) in [5, 5.41) is 24.9. The van der Waals surface area contributed by atoms with Crippen LogP contribution in [-0.4, -0.2) is 40.2 Å². The number of fused-ring (bicyclic) bond motifs is 1. The highest BCUT2D eigenvalue weighted by Gasteiger charge is 2.22. The Hall–Kier alpha value is -3.81. The fraction of sp³-hybridized carbons (Fsp3) is 0.292. The topological polar surface area (TPSA) is 90.1 Å². The third-order valence-electron chi connectivity index (χ3n) is 6.46. The van der Waals surface area contributed by atoms with E-state index in [9.17, 15) is 0 Å². The highest BCUT2D eigenvalue weighted by atomic mass is 15.5. The molecule has 1 N–H and O–H groups in total. The number of tetrazole rings is 1. The monoisotopic (exact) mass is 424 g/mol. The second-order valence-corrected chi connectivity index (χ2v) is 8.34. The lowest BCUT2D eigenvalue weighted by atomic mass is 10.1. The number of nitrogens with zero attached hydrogens (tertiary/aromatic N) is 7. The molecular weight excluding hydrogens is 400 g/mol. The van der Waals surface area contributed by atoms with E-state index in [4.69, 9.17) is 5.10 Å². The molecule has 0 atom stereocenters. The van der Waals surface area contributed by atoms with Crippen LogP contribution in [0.15, 0.2) is 54.7 Å². The van der Waals surface area contributed by atoms with Gasteiger partial charge in [0.1, 0.15) is 0 Å². The standard InChI is InChI=1S/C24H24N8/c1-2-21-20-12-9-17(15-23(20)32(28-21)18-5-3-4-6-18)22-13-14-25-31(22)19-10-7-16(8-11-19)24-26-29-30-27-24/h7-15,18H,2-6H2,1H3,(H,26,27,29,30). The van der Waals surface area contributed by atoms with E-state index in [1.165, 1.54) is 42.3 Å². The van der Waals surface area contributed by atoms with Gasteiger partial charge < -0.3 is 0 Å². The first-order valence-electron chi connectivity index (χ1n) is 11.2. The lowest BCUT2D eigenvalue weighted by molar-refractivity contribution is 0.478.